The Hall–Kier alpha value is -1.53. The van der Waals surface area contributed by atoms with Gasteiger partial charge in [0.1, 0.15) is 13.2 Å². The predicted molar refractivity (Wildman–Crippen MR) is 80.6 cm³/mol. The molecule has 0 spiro atoms. The normalized spacial score (nSPS) is 13.1. The van der Waals surface area contributed by atoms with E-state index >= 15 is 0 Å². The molecule has 0 fully saturated rings. The third-order valence-electron chi connectivity index (χ3n) is 2.86. The van der Waals surface area contributed by atoms with Crippen LogP contribution < -0.4 is 14.8 Å². The molecule has 0 saturated carbocycles. The molecule has 2 heterocycles. The van der Waals surface area contributed by atoms with Crippen LogP contribution >= 0.6 is 27.3 Å². The summed E-state index contributed by atoms with van der Waals surface area (Å²) in [4.78, 5) is 13.3. The van der Waals surface area contributed by atoms with Gasteiger partial charge >= 0.3 is 0 Å². The Kier molecular flexibility index (Phi) is 3.93. The molecular weight excluding hydrogens is 342 g/mol. The number of nitrogens with one attached hydrogen (secondary N) is 1. The third-order valence-corrected chi connectivity index (χ3v) is 4.55. The molecule has 1 aromatic carbocycles. The van der Waals surface area contributed by atoms with Crippen LogP contribution in [0, 0.1) is 0 Å². The van der Waals surface area contributed by atoms with Crippen molar-refractivity contribution in [2.45, 2.75) is 6.54 Å². The summed E-state index contributed by atoms with van der Waals surface area (Å²) in [5.41, 5.74) is 0.512. The highest BCUT2D eigenvalue weighted by Crippen LogP contribution is 2.33. The highest BCUT2D eigenvalue weighted by molar-refractivity contribution is 9.10. The summed E-state index contributed by atoms with van der Waals surface area (Å²) in [5, 5.41) is 4.88. The number of benzene rings is 1. The van der Waals surface area contributed by atoms with Gasteiger partial charge in [-0.15, -0.1) is 11.3 Å². The molecule has 1 aromatic heterocycles. The van der Waals surface area contributed by atoms with E-state index in [9.17, 15) is 4.79 Å². The molecule has 0 bridgehead atoms. The fourth-order valence-corrected chi connectivity index (χ4v) is 3.35. The lowest BCUT2D eigenvalue weighted by atomic mass is 10.1. The summed E-state index contributed by atoms with van der Waals surface area (Å²) < 4.78 is 12.0. The number of amides is 1. The van der Waals surface area contributed by atoms with E-state index in [0.717, 1.165) is 9.35 Å². The summed E-state index contributed by atoms with van der Waals surface area (Å²) >= 11 is 4.99. The fourth-order valence-electron chi connectivity index (χ4n) is 1.96. The maximum atomic E-state index is 12.2. The maximum Gasteiger partial charge on any atom is 0.255 e. The van der Waals surface area contributed by atoms with Gasteiger partial charge in [0.05, 0.1) is 12.1 Å². The first-order valence-corrected chi connectivity index (χ1v) is 7.81. The van der Waals surface area contributed by atoms with E-state index in [1.54, 1.807) is 23.5 Å². The molecule has 0 radical (unpaired) electrons. The fraction of sp³-hybridized carbons (Fsp3) is 0.214. The van der Waals surface area contributed by atoms with E-state index in [-0.39, 0.29) is 5.91 Å². The van der Waals surface area contributed by atoms with Crippen LogP contribution in [0.25, 0.3) is 0 Å². The van der Waals surface area contributed by atoms with E-state index < -0.39 is 0 Å². The average Bonchev–Trinajstić information content (AvgIpc) is 2.90. The largest absolute Gasteiger partial charge is 0.486 e. The molecular formula is C14H12BrNO3S. The van der Waals surface area contributed by atoms with Crippen LogP contribution in [0.15, 0.2) is 34.1 Å². The van der Waals surface area contributed by atoms with Gasteiger partial charge in [-0.2, -0.15) is 0 Å². The molecule has 1 aliphatic heterocycles. The number of fused-ring (bicyclic) bond motifs is 1. The standard InChI is InChI=1S/C14H12BrNO3S/c15-9-6-10(20-8-9)7-16-14(17)11-2-1-3-12-13(11)19-5-4-18-12/h1-3,6,8H,4-5,7H2,(H,16,17). The van der Waals surface area contributed by atoms with Crippen LogP contribution in [-0.2, 0) is 6.54 Å². The molecule has 20 heavy (non-hydrogen) atoms. The number of carbonyl (C=O) groups is 1. The summed E-state index contributed by atoms with van der Waals surface area (Å²) in [5.74, 6) is 1.00. The third kappa shape index (κ3) is 2.81. The summed E-state index contributed by atoms with van der Waals surface area (Å²) in [6, 6.07) is 7.34. The zero-order chi connectivity index (χ0) is 13.9. The number of ether oxygens (including phenoxy) is 2. The topological polar surface area (TPSA) is 47.6 Å². The molecule has 0 saturated heterocycles. The van der Waals surface area contributed by atoms with E-state index in [4.69, 9.17) is 9.47 Å². The molecule has 1 amide bonds. The Bertz CT molecular complexity index is 641. The van der Waals surface area contributed by atoms with Crippen molar-refractivity contribution in [2.24, 2.45) is 0 Å². The van der Waals surface area contributed by atoms with E-state index in [2.05, 4.69) is 21.2 Å². The summed E-state index contributed by atoms with van der Waals surface area (Å²) in [6.07, 6.45) is 0. The Labute approximate surface area is 128 Å². The quantitative estimate of drug-likeness (QED) is 0.921. The van der Waals surface area contributed by atoms with Crippen LogP contribution in [-0.4, -0.2) is 19.1 Å². The van der Waals surface area contributed by atoms with Crippen LogP contribution in [0.5, 0.6) is 11.5 Å². The van der Waals surface area contributed by atoms with Crippen molar-refractivity contribution in [3.8, 4) is 11.5 Å². The van der Waals surface area contributed by atoms with Gasteiger partial charge in [0, 0.05) is 14.7 Å². The van der Waals surface area contributed by atoms with Crippen molar-refractivity contribution >= 4 is 33.2 Å². The van der Waals surface area contributed by atoms with E-state index in [0.29, 0.717) is 36.8 Å². The zero-order valence-electron chi connectivity index (χ0n) is 10.5. The molecule has 1 N–H and O–H groups in total. The Morgan fingerprint density at radius 1 is 1.35 bits per heavy atom. The number of halogens is 1. The lowest BCUT2D eigenvalue weighted by Gasteiger charge is -2.20. The van der Waals surface area contributed by atoms with Gasteiger partial charge in [-0.3, -0.25) is 4.79 Å². The number of thiophene rings is 1. The maximum absolute atomic E-state index is 12.2. The lowest BCUT2D eigenvalue weighted by Crippen LogP contribution is -2.25. The molecule has 1 aliphatic rings. The molecule has 104 valence electrons. The van der Waals surface area contributed by atoms with Gasteiger partial charge in [-0.1, -0.05) is 6.07 Å². The molecule has 0 unspecified atom stereocenters. The molecule has 4 nitrogen and oxygen atoms in total. The number of carbonyl (C=O) groups excluding carboxylic acids is 1. The number of hydrogen-bond acceptors (Lipinski definition) is 4. The molecule has 0 atom stereocenters. The molecule has 6 heteroatoms. The van der Waals surface area contributed by atoms with Gasteiger partial charge in [0.25, 0.3) is 5.91 Å². The first-order valence-electron chi connectivity index (χ1n) is 6.14. The van der Waals surface area contributed by atoms with Crippen LogP contribution in [0.1, 0.15) is 15.2 Å². The molecule has 0 aliphatic carbocycles. The number of hydrogen-bond donors (Lipinski definition) is 1. The predicted octanol–water partition coefficient (Wildman–Crippen LogP) is 3.21. The minimum atomic E-state index is -0.156. The van der Waals surface area contributed by atoms with Gasteiger partial charge in [0.2, 0.25) is 0 Å². The second-order valence-electron chi connectivity index (χ2n) is 4.24. The average molecular weight is 354 g/mol. The molecule has 2 aromatic rings. The molecule has 3 rings (SSSR count). The second kappa shape index (κ2) is 5.85. The van der Waals surface area contributed by atoms with E-state index in [1.807, 2.05) is 17.5 Å². The van der Waals surface area contributed by atoms with Gasteiger partial charge < -0.3 is 14.8 Å². The van der Waals surface area contributed by atoms with Crippen molar-refractivity contribution < 1.29 is 14.3 Å². The first-order chi connectivity index (χ1) is 9.74. The van der Waals surface area contributed by atoms with Gasteiger partial charge in [0.15, 0.2) is 11.5 Å². The minimum absolute atomic E-state index is 0.156. The number of rotatable bonds is 3. The Morgan fingerprint density at radius 3 is 3.00 bits per heavy atom. The van der Waals surface area contributed by atoms with Crippen molar-refractivity contribution in [1.82, 2.24) is 5.32 Å². The summed E-state index contributed by atoms with van der Waals surface area (Å²) in [7, 11) is 0. The summed E-state index contributed by atoms with van der Waals surface area (Å²) in [6.45, 7) is 1.48. The van der Waals surface area contributed by atoms with Gasteiger partial charge in [-0.25, -0.2) is 0 Å². The number of para-hydroxylation sites is 1. The Morgan fingerprint density at radius 2 is 2.20 bits per heavy atom. The zero-order valence-corrected chi connectivity index (χ0v) is 12.9. The van der Waals surface area contributed by atoms with Crippen molar-refractivity contribution in [3.05, 3.63) is 44.6 Å². The highest BCUT2D eigenvalue weighted by atomic mass is 79.9. The van der Waals surface area contributed by atoms with Crippen molar-refractivity contribution in [2.75, 3.05) is 13.2 Å². The van der Waals surface area contributed by atoms with Crippen LogP contribution in [0.4, 0.5) is 0 Å². The lowest BCUT2D eigenvalue weighted by molar-refractivity contribution is 0.0940. The van der Waals surface area contributed by atoms with Crippen LogP contribution in [0.2, 0.25) is 0 Å². The second-order valence-corrected chi connectivity index (χ2v) is 6.16. The monoisotopic (exact) mass is 353 g/mol. The highest BCUT2D eigenvalue weighted by Gasteiger charge is 2.20. The SMILES string of the molecule is O=C(NCc1cc(Br)cs1)c1cccc2c1OCCO2. The van der Waals surface area contributed by atoms with Crippen molar-refractivity contribution in [1.29, 1.82) is 0 Å². The van der Waals surface area contributed by atoms with E-state index in [1.165, 1.54) is 0 Å². The van der Waals surface area contributed by atoms with Crippen molar-refractivity contribution in [3.63, 3.8) is 0 Å². The first kappa shape index (κ1) is 13.5. The Balaban J connectivity index is 1.74. The smallest absolute Gasteiger partial charge is 0.255 e. The minimum Gasteiger partial charge on any atom is -0.486 e. The van der Waals surface area contributed by atoms with Gasteiger partial charge in [-0.05, 0) is 34.1 Å². The van der Waals surface area contributed by atoms with Crippen LogP contribution in [0.3, 0.4) is 0 Å².